The van der Waals surface area contributed by atoms with Crippen LogP contribution < -0.4 is 10.1 Å². The summed E-state index contributed by atoms with van der Waals surface area (Å²) in [5.74, 6) is 1.70. The van der Waals surface area contributed by atoms with Gasteiger partial charge in [0, 0.05) is 18.4 Å². The van der Waals surface area contributed by atoms with Gasteiger partial charge in [-0.15, -0.1) is 6.58 Å². The Hall–Kier alpha value is -2.23. The maximum atomic E-state index is 5.44. The van der Waals surface area contributed by atoms with Gasteiger partial charge in [0.1, 0.15) is 5.75 Å². The second-order valence-electron chi connectivity index (χ2n) is 4.17. The number of hydrogen-bond donors (Lipinski definition) is 1. The average molecular weight is 257 g/mol. The Morgan fingerprint density at radius 2 is 2.11 bits per heavy atom. The van der Waals surface area contributed by atoms with Gasteiger partial charge in [-0.2, -0.15) is 0 Å². The molecule has 0 saturated heterocycles. The van der Waals surface area contributed by atoms with Gasteiger partial charge in [-0.25, -0.2) is 4.98 Å². The van der Waals surface area contributed by atoms with Crippen molar-refractivity contribution < 1.29 is 4.74 Å². The lowest BCUT2D eigenvalue weighted by Gasteiger charge is -2.09. The standard InChI is InChI=1S/C15H19N3O/c1-4-10-16-15-17-12(3)11-18(15)13-6-8-14(9-7-13)19-5-2/h4,6-9,11H,1,5,10H2,2-3H3,(H,16,17). The van der Waals surface area contributed by atoms with Gasteiger partial charge in [-0.05, 0) is 38.1 Å². The summed E-state index contributed by atoms with van der Waals surface area (Å²) >= 11 is 0. The van der Waals surface area contributed by atoms with Gasteiger partial charge >= 0.3 is 0 Å². The van der Waals surface area contributed by atoms with E-state index in [0.29, 0.717) is 13.2 Å². The van der Waals surface area contributed by atoms with E-state index < -0.39 is 0 Å². The van der Waals surface area contributed by atoms with Crippen LogP contribution in [0.4, 0.5) is 5.95 Å². The summed E-state index contributed by atoms with van der Waals surface area (Å²) < 4.78 is 7.47. The number of ether oxygens (including phenoxy) is 1. The Balaban J connectivity index is 2.27. The molecule has 0 atom stereocenters. The predicted octanol–water partition coefficient (Wildman–Crippen LogP) is 3.18. The van der Waals surface area contributed by atoms with Crippen LogP contribution in [0.2, 0.25) is 0 Å². The minimum Gasteiger partial charge on any atom is -0.494 e. The van der Waals surface area contributed by atoms with Crippen LogP contribution in [0, 0.1) is 6.92 Å². The van der Waals surface area contributed by atoms with Crippen molar-refractivity contribution in [3.63, 3.8) is 0 Å². The fraction of sp³-hybridized carbons (Fsp3) is 0.267. The number of imidazole rings is 1. The lowest BCUT2D eigenvalue weighted by atomic mass is 10.3. The zero-order valence-corrected chi connectivity index (χ0v) is 11.4. The molecule has 0 bridgehead atoms. The fourth-order valence-electron chi connectivity index (χ4n) is 1.85. The molecule has 1 aromatic heterocycles. The van der Waals surface area contributed by atoms with Crippen LogP contribution in [0.25, 0.3) is 5.69 Å². The topological polar surface area (TPSA) is 39.1 Å². The van der Waals surface area contributed by atoms with Crippen LogP contribution in [-0.2, 0) is 0 Å². The number of aromatic nitrogens is 2. The Morgan fingerprint density at radius 3 is 2.74 bits per heavy atom. The highest BCUT2D eigenvalue weighted by Gasteiger charge is 2.06. The Morgan fingerprint density at radius 1 is 1.37 bits per heavy atom. The van der Waals surface area contributed by atoms with E-state index >= 15 is 0 Å². The van der Waals surface area contributed by atoms with Crippen molar-refractivity contribution in [3.05, 3.63) is 48.8 Å². The Kier molecular flexibility index (Phi) is 4.23. The van der Waals surface area contributed by atoms with Crippen LogP contribution in [0.15, 0.2) is 43.1 Å². The summed E-state index contributed by atoms with van der Waals surface area (Å²) in [6, 6.07) is 7.97. The van der Waals surface area contributed by atoms with Crippen molar-refractivity contribution in [1.82, 2.24) is 9.55 Å². The second-order valence-corrected chi connectivity index (χ2v) is 4.17. The lowest BCUT2D eigenvalue weighted by molar-refractivity contribution is 0.340. The summed E-state index contributed by atoms with van der Waals surface area (Å²) in [4.78, 5) is 4.46. The van der Waals surface area contributed by atoms with E-state index in [1.807, 2.05) is 55.0 Å². The first kappa shape index (κ1) is 13.2. The summed E-state index contributed by atoms with van der Waals surface area (Å²) in [6.07, 6.45) is 3.81. The number of hydrogen-bond acceptors (Lipinski definition) is 3. The predicted molar refractivity (Wildman–Crippen MR) is 78.2 cm³/mol. The highest BCUT2D eigenvalue weighted by atomic mass is 16.5. The minimum absolute atomic E-state index is 0.676. The minimum atomic E-state index is 0.676. The first-order valence-electron chi connectivity index (χ1n) is 6.38. The molecule has 4 nitrogen and oxygen atoms in total. The number of nitrogens with one attached hydrogen (secondary N) is 1. The second kappa shape index (κ2) is 6.09. The molecule has 0 fully saturated rings. The molecular formula is C15H19N3O. The van der Waals surface area contributed by atoms with E-state index in [0.717, 1.165) is 23.1 Å². The molecule has 0 spiro atoms. The van der Waals surface area contributed by atoms with Gasteiger partial charge in [0.05, 0.1) is 12.3 Å². The third-order valence-corrected chi connectivity index (χ3v) is 2.66. The summed E-state index contributed by atoms with van der Waals surface area (Å²) in [5, 5.41) is 3.22. The van der Waals surface area contributed by atoms with E-state index in [9.17, 15) is 0 Å². The molecule has 2 aromatic rings. The Labute approximate surface area is 113 Å². The Bertz CT molecular complexity index is 543. The zero-order chi connectivity index (χ0) is 13.7. The smallest absolute Gasteiger partial charge is 0.207 e. The highest BCUT2D eigenvalue weighted by Crippen LogP contribution is 2.19. The van der Waals surface area contributed by atoms with E-state index in [1.165, 1.54) is 0 Å². The van der Waals surface area contributed by atoms with Crippen LogP contribution in [0.1, 0.15) is 12.6 Å². The maximum Gasteiger partial charge on any atom is 0.207 e. The van der Waals surface area contributed by atoms with E-state index in [2.05, 4.69) is 16.9 Å². The average Bonchev–Trinajstić information content (AvgIpc) is 2.79. The SMILES string of the molecule is C=CCNc1nc(C)cn1-c1ccc(OCC)cc1. The largest absolute Gasteiger partial charge is 0.494 e. The quantitative estimate of drug-likeness (QED) is 0.808. The molecule has 0 radical (unpaired) electrons. The number of nitrogens with zero attached hydrogens (tertiary/aromatic N) is 2. The van der Waals surface area contributed by atoms with Gasteiger partial charge < -0.3 is 10.1 Å². The van der Waals surface area contributed by atoms with Crippen molar-refractivity contribution in [3.8, 4) is 11.4 Å². The van der Waals surface area contributed by atoms with Gasteiger partial charge in [0.15, 0.2) is 0 Å². The molecule has 4 heteroatoms. The van der Waals surface area contributed by atoms with Crippen molar-refractivity contribution in [1.29, 1.82) is 0 Å². The third kappa shape index (κ3) is 3.16. The zero-order valence-electron chi connectivity index (χ0n) is 11.4. The van der Waals surface area contributed by atoms with Crippen LogP contribution in [0.5, 0.6) is 5.75 Å². The summed E-state index contributed by atoms with van der Waals surface area (Å²) in [6.45, 7) is 9.02. The molecule has 0 amide bonds. The number of aryl methyl sites for hydroxylation is 1. The first-order chi connectivity index (χ1) is 9.24. The third-order valence-electron chi connectivity index (χ3n) is 2.66. The van der Waals surface area contributed by atoms with E-state index in [1.54, 1.807) is 0 Å². The normalized spacial score (nSPS) is 10.2. The van der Waals surface area contributed by atoms with Crippen LogP contribution in [-0.4, -0.2) is 22.7 Å². The number of rotatable bonds is 6. The van der Waals surface area contributed by atoms with Crippen molar-refractivity contribution >= 4 is 5.95 Å². The molecule has 0 unspecified atom stereocenters. The van der Waals surface area contributed by atoms with Gasteiger partial charge in [0.2, 0.25) is 5.95 Å². The lowest BCUT2D eigenvalue weighted by Crippen LogP contribution is -2.05. The molecule has 0 aliphatic rings. The van der Waals surface area contributed by atoms with Crippen molar-refractivity contribution in [2.24, 2.45) is 0 Å². The van der Waals surface area contributed by atoms with Crippen molar-refractivity contribution in [2.75, 3.05) is 18.5 Å². The monoisotopic (exact) mass is 257 g/mol. The molecule has 1 N–H and O–H groups in total. The van der Waals surface area contributed by atoms with Gasteiger partial charge in [-0.1, -0.05) is 6.08 Å². The maximum absolute atomic E-state index is 5.44. The summed E-state index contributed by atoms with van der Waals surface area (Å²) in [7, 11) is 0. The fourth-order valence-corrected chi connectivity index (χ4v) is 1.85. The molecule has 0 saturated carbocycles. The number of benzene rings is 1. The molecule has 100 valence electrons. The molecule has 0 aliphatic carbocycles. The number of anilines is 1. The molecular weight excluding hydrogens is 238 g/mol. The highest BCUT2D eigenvalue weighted by molar-refractivity contribution is 5.45. The molecule has 1 aromatic carbocycles. The van der Waals surface area contributed by atoms with E-state index in [4.69, 9.17) is 4.74 Å². The summed E-state index contributed by atoms with van der Waals surface area (Å²) in [5.41, 5.74) is 2.02. The molecule has 2 rings (SSSR count). The van der Waals surface area contributed by atoms with Gasteiger partial charge in [0.25, 0.3) is 0 Å². The molecule has 1 heterocycles. The first-order valence-corrected chi connectivity index (χ1v) is 6.38. The van der Waals surface area contributed by atoms with Crippen LogP contribution >= 0.6 is 0 Å². The van der Waals surface area contributed by atoms with Crippen LogP contribution in [0.3, 0.4) is 0 Å². The van der Waals surface area contributed by atoms with E-state index in [-0.39, 0.29) is 0 Å². The van der Waals surface area contributed by atoms with Gasteiger partial charge in [-0.3, -0.25) is 4.57 Å². The molecule has 19 heavy (non-hydrogen) atoms. The molecule has 0 aliphatic heterocycles. The van der Waals surface area contributed by atoms with Crippen molar-refractivity contribution in [2.45, 2.75) is 13.8 Å².